The molecule has 2 rings (SSSR count). The maximum absolute atomic E-state index is 5.95. The highest BCUT2D eigenvalue weighted by atomic mass is 35.5. The Morgan fingerprint density at radius 3 is 2.75 bits per heavy atom. The zero-order valence-corrected chi connectivity index (χ0v) is 10.1. The van der Waals surface area contributed by atoms with Crippen LogP contribution in [0, 0.1) is 0 Å². The van der Waals surface area contributed by atoms with Gasteiger partial charge in [-0.2, -0.15) is 0 Å². The van der Waals surface area contributed by atoms with Crippen LogP contribution in [0.15, 0.2) is 18.2 Å². The second kappa shape index (κ2) is 5.73. The summed E-state index contributed by atoms with van der Waals surface area (Å²) in [5.41, 5.74) is 0. The summed E-state index contributed by atoms with van der Waals surface area (Å²) < 4.78 is 16.1. The van der Waals surface area contributed by atoms with Gasteiger partial charge in [-0.05, 0) is 12.1 Å². The van der Waals surface area contributed by atoms with Crippen LogP contribution < -0.4 is 4.74 Å². The van der Waals surface area contributed by atoms with Gasteiger partial charge in [-0.1, -0.05) is 23.2 Å². The molecule has 0 spiro atoms. The van der Waals surface area contributed by atoms with Crippen molar-refractivity contribution in [1.82, 2.24) is 0 Å². The van der Waals surface area contributed by atoms with Crippen LogP contribution in [0.5, 0.6) is 5.75 Å². The molecule has 0 bridgehead atoms. The van der Waals surface area contributed by atoms with Crippen LogP contribution in [-0.2, 0) is 9.47 Å². The van der Waals surface area contributed by atoms with Crippen molar-refractivity contribution in [1.29, 1.82) is 0 Å². The summed E-state index contributed by atoms with van der Waals surface area (Å²) >= 11 is 11.8. The van der Waals surface area contributed by atoms with E-state index in [2.05, 4.69) is 0 Å². The van der Waals surface area contributed by atoms with E-state index in [0.29, 0.717) is 42.0 Å². The molecule has 5 heteroatoms. The van der Waals surface area contributed by atoms with Crippen LogP contribution in [0.3, 0.4) is 0 Å². The van der Waals surface area contributed by atoms with Crippen molar-refractivity contribution in [2.75, 3.05) is 19.8 Å². The highest BCUT2D eigenvalue weighted by Gasteiger charge is 2.15. The molecule has 0 atom stereocenters. The second-order valence-electron chi connectivity index (χ2n) is 3.38. The molecule has 1 aliphatic rings. The Bertz CT molecular complexity index is 351. The Labute approximate surface area is 104 Å². The van der Waals surface area contributed by atoms with Crippen molar-refractivity contribution in [2.24, 2.45) is 0 Å². The molecule has 0 amide bonds. The summed E-state index contributed by atoms with van der Waals surface area (Å²) in [5, 5.41) is 1.16. The zero-order valence-electron chi connectivity index (χ0n) is 8.62. The van der Waals surface area contributed by atoms with E-state index in [4.69, 9.17) is 37.4 Å². The number of ether oxygens (including phenoxy) is 3. The fourth-order valence-electron chi connectivity index (χ4n) is 1.43. The molecule has 0 aliphatic carbocycles. The van der Waals surface area contributed by atoms with Crippen LogP contribution in [0.1, 0.15) is 6.42 Å². The number of hydrogen-bond donors (Lipinski definition) is 0. The number of rotatable bonds is 4. The molecule has 0 N–H and O–H groups in total. The molecule has 0 radical (unpaired) electrons. The maximum Gasteiger partial charge on any atom is 0.161 e. The molecule has 0 aromatic heterocycles. The van der Waals surface area contributed by atoms with Gasteiger partial charge in [0.15, 0.2) is 6.29 Å². The minimum atomic E-state index is -0.155. The number of hydrogen-bond acceptors (Lipinski definition) is 3. The standard InChI is InChI=1S/C11H12Cl2O3/c12-8-1-2-9(13)10(7-8)14-4-3-11-15-5-6-16-11/h1-2,7,11H,3-6H2. The first kappa shape index (κ1) is 12.0. The van der Waals surface area contributed by atoms with Gasteiger partial charge >= 0.3 is 0 Å². The lowest BCUT2D eigenvalue weighted by Crippen LogP contribution is -2.12. The molecule has 1 aromatic carbocycles. The predicted octanol–water partition coefficient (Wildman–Crippen LogP) is 3.14. The molecule has 0 saturated carbocycles. The number of halogens is 2. The second-order valence-corrected chi connectivity index (χ2v) is 4.23. The van der Waals surface area contributed by atoms with Crippen molar-refractivity contribution >= 4 is 23.2 Å². The SMILES string of the molecule is Clc1ccc(Cl)c(OCCC2OCCO2)c1. The van der Waals surface area contributed by atoms with Gasteiger partial charge < -0.3 is 14.2 Å². The van der Waals surface area contributed by atoms with Gasteiger partial charge in [-0.15, -0.1) is 0 Å². The van der Waals surface area contributed by atoms with Crippen molar-refractivity contribution in [3.8, 4) is 5.75 Å². The van der Waals surface area contributed by atoms with Gasteiger partial charge in [-0.25, -0.2) is 0 Å². The molecule has 1 heterocycles. The topological polar surface area (TPSA) is 27.7 Å². The van der Waals surface area contributed by atoms with Crippen molar-refractivity contribution < 1.29 is 14.2 Å². The third kappa shape index (κ3) is 3.25. The number of benzene rings is 1. The average Bonchev–Trinajstić information content (AvgIpc) is 2.76. The van der Waals surface area contributed by atoms with E-state index in [9.17, 15) is 0 Å². The Balaban J connectivity index is 1.82. The third-order valence-electron chi connectivity index (χ3n) is 2.20. The highest BCUT2D eigenvalue weighted by molar-refractivity contribution is 6.34. The first-order valence-corrected chi connectivity index (χ1v) is 5.82. The largest absolute Gasteiger partial charge is 0.492 e. The Morgan fingerprint density at radius 1 is 1.25 bits per heavy atom. The molecule has 1 aromatic rings. The van der Waals surface area contributed by atoms with E-state index in [-0.39, 0.29) is 6.29 Å². The molecular formula is C11H12Cl2O3. The van der Waals surface area contributed by atoms with Crippen LogP contribution in [0.2, 0.25) is 10.0 Å². The van der Waals surface area contributed by atoms with Crippen LogP contribution in [0.25, 0.3) is 0 Å². The quantitative estimate of drug-likeness (QED) is 0.835. The van der Waals surface area contributed by atoms with Gasteiger partial charge in [0.1, 0.15) is 5.75 Å². The minimum Gasteiger partial charge on any atom is -0.492 e. The fourth-order valence-corrected chi connectivity index (χ4v) is 1.76. The van der Waals surface area contributed by atoms with Gasteiger partial charge in [0.05, 0.1) is 24.8 Å². The summed E-state index contributed by atoms with van der Waals surface area (Å²) in [6.45, 7) is 1.80. The monoisotopic (exact) mass is 262 g/mol. The van der Waals surface area contributed by atoms with E-state index < -0.39 is 0 Å². The Kier molecular flexibility index (Phi) is 4.29. The molecule has 3 nitrogen and oxygen atoms in total. The van der Waals surface area contributed by atoms with Crippen LogP contribution in [-0.4, -0.2) is 26.1 Å². The molecule has 1 saturated heterocycles. The summed E-state index contributed by atoms with van der Waals surface area (Å²) in [6.07, 6.45) is 0.529. The molecular weight excluding hydrogens is 251 g/mol. The van der Waals surface area contributed by atoms with Crippen molar-refractivity contribution in [3.05, 3.63) is 28.2 Å². The summed E-state index contributed by atoms with van der Waals surface area (Å²) in [4.78, 5) is 0. The normalized spacial score (nSPS) is 16.6. The van der Waals surface area contributed by atoms with Gasteiger partial charge in [0, 0.05) is 17.5 Å². The lowest BCUT2D eigenvalue weighted by Gasteiger charge is -2.11. The lowest BCUT2D eigenvalue weighted by atomic mass is 10.3. The Hall–Kier alpha value is -0.480. The first-order valence-electron chi connectivity index (χ1n) is 5.07. The van der Waals surface area contributed by atoms with Crippen LogP contribution >= 0.6 is 23.2 Å². The fraction of sp³-hybridized carbons (Fsp3) is 0.455. The predicted molar refractivity (Wildman–Crippen MR) is 62.3 cm³/mol. The maximum atomic E-state index is 5.95. The summed E-state index contributed by atoms with van der Waals surface area (Å²) in [7, 11) is 0. The van der Waals surface area contributed by atoms with Crippen molar-refractivity contribution in [3.63, 3.8) is 0 Å². The van der Waals surface area contributed by atoms with Gasteiger partial charge in [-0.3, -0.25) is 0 Å². The molecule has 88 valence electrons. The van der Waals surface area contributed by atoms with Gasteiger partial charge in [0.2, 0.25) is 0 Å². The molecule has 1 aliphatic heterocycles. The van der Waals surface area contributed by atoms with Crippen molar-refractivity contribution in [2.45, 2.75) is 12.7 Å². The average molecular weight is 263 g/mol. The highest BCUT2D eigenvalue weighted by Crippen LogP contribution is 2.27. The third-order valence-corrected chi connectivity index (χ3v) is 2.74. The van der Waals surface area contributed by atoms with E-state index in [0.717, 1.165) is 0 Å². The molecule has 0 unspecified atom stereocenters. The minimum absolute atomic E-state index is 0.155. The zero-order chi connectivity index (χ0) is 11.4. The molecule has 16 heavy (non-hydrogen) atoms. The lowest BCUT2D eigenvalue weighted by molar-refractivity contribution is -0.0531. The van der Waals surface area contributed by atoms with E-state index in [1.165, 1.54) is 0 Å². The van der Waals surface area contributed by atoms with E-state index in [1.807, 2.05) is 0 Å². The van der Waals surface area contributed by atoms with Crippen LogP contribution in [0.4, 0.5) is 0 Å². The summed E-state index contributed by atoms with van der Waals surface area (Å²) in [6, 6.07) is 5.13. The first-order chi connectivity index (χ1) is 7.75. The van der Waals surface area contributed by atoms with Gasteiger partial charge in [0.25, 0.3) is 0 Å². The summed E-state index contributed by atoms with van der Waals surface area (Å²) in [5.74, 6) is 0.590. The molecule has 1 fully saturated rings. The smallest absolute Gasteiger partial charge is 0.161 e. The van der Waals surface area contributed by atoms with E-state index in [1.54, 1.807) is 18.2 Å². The Morgan fingerprint density at radius 2 is 2.00 bits per heavy atom. The van der Waals surface area contributed by atoms with E-state index >= 15 is 0 Å².